The number of phenolic OH excluding ortho intramolecular Hbond substituents is 1. The summed E-state index contributed by atoms with van der Waals surface area (Å²) in [7, 11) is 0. The summed E-state index contributed by atoms with van der Waals surface area (Å²) >= 11 is 0. The molecule has 2 aromatic carbocycles. The van der Waals surface area contributed by atoms with Crippen LogP contribution in [0.1, 0.15) is 15.9 Å². The van der Waals surface area contributed by atoms with Gasteiger partial charge in [0.1, 0.15) is 5.75 Å². The Morgan fingerprint density at radius 3 is 2.35 bits per heavy atom. The number of aromatic nitrogens is 1. The van der Waals surface area contributed by atoms with Crippen LogP contribution in [0, 0.1) is 0 Å². The lowest BCUT2D eigenvalue weighted by Gasteiger charge is -2.08. The number of carbonyl (C=O) groups excluding carboxylic acids is 1. The molecule has 0 aliphatic carbocycles. The van der Waals surface area contributed by atoms with Crippen LogP contribution in [0.25, 0.3) is 5.69 Å². The summed E-state index contributed by atoms with van der Waals surface area (Å²) in [5.41, 5.74) is 2.47. The van der Waals surface area contributed by atoms with Crippen LogP contribution in [0.3, 0.4) is 0 Å². The quantitative estimate of drug-likeness (QED) is 0.761. The number of nitrogens with one attached hydrogen (secondary N) is 1. The van der Waals surface area contributed by atoms with Gasteiger partial charge < -0.3 is 15.0 Å². The first kappa shape index (κ1) is 14.9. The average Bonchev–Trinajstić information content (AvgIpc) is 3.11. The molecule has 0 unspecified atom stereocenters. The molecule has 0 saturated carbocycles. The normalized spacial score (nSPS) is 10.4. The van der Waals surface area contributed by atoms with Crippen molar-refractivity contribution < 1.29 is 9.90 Å². The molecule has 3 rings (SSSR count). The molecule has 3 aromatic rings. The zero-order valence-corrected chi connectivity index (χ0v) is 12.6. The van der Waals surface area contributed by atoms with Crippen LogP contribution in [0.5, 0.6) is 5.75 Å². The third-order valence-electron chi connectivity index (χ3n) is 3.70. The van der Waals surface area contributed by atoms with Crippen molar-refractivity contribution in [1.82, 2.24) is 9.88 Å². The maximum atomic E-state index is 12.1. The van der Waals surface area contributed by atoms with Gasteiger partial charge in [0.15, 0.2) is 0 Å². The molecule has 0 aliphatic rings. The summed E-state index contributed by atoms with van der Waals surface area (Å²) in [6.07, 6.45) is 4.52. The molecule has 1 heterocycles. The first-order valence-corrected chi connectivity index (χ1v) is 7.52. The van der Waals surface area contributed by atoms with Crippen LogP contribution in [-0.2, 0) is 6.42 Å². The minimum atomic E-state index is -0.112. The van der Waals surface area contributed by atoms with E-state index in [2.05, 4.69) is 5.32 Å². The van der Waals surface area contributed by atoms with Crippen molar-refractivity contribution in [3.63, 3.8) is 0 Å². The van der Waals surface area contributed by atoms with E-state index in [4.69, 9.17) is 0 Å². The molecule has 1 amide bonds. The van der Waals surface area contributed by atoms with Gasteiger partial charge in [-0.05, 0) is 54.4 Å². The minimum absolute atomic E-state index is 0.112. The van der Waals surface area contributed by atoms with Gasteiger partial charge in [0.25, 0.3) is 5.91 Å². The number of carbonyl (C=O) groups is 1. The number of hydrogen-bond acceptors (Lipinski definition) is 2. The van der Waals surface area contributed by atoms with Crippen molar-refractivity contribution in [3.05, 3.63) is 84.2 Å². The molecule has 0 spiro atoms. The fourth-order valence-electron chi connectivity index (χ4n) is 2.43. The number of benzene rings is 2. The predicted octanol–water partition coefficient (Wildman–Crippen LogP) is 3.16. The van der Waals surface area contributed by atoms with Crippen LogP contribution < -0.4 is 5.32 Å². The summed E-state index contributed by atoms with van der Waals surface area (Å²) in [6.45, 7) is 0.482. The molecule has 0 fully saturated rings. The van der Waals surface area contributed by atoms with E-state index in [0.717, 1.165) is 11.3 Å². The lowest BCUT2D eigenvalue weighted by atomic mass is 10.1. The van der Waals surface area contributed by atoms with E-state index < -0.39 is 0 Å². The number of rotatable bonds is 5. The molecule has 0 atom stereocenters. The number of nitrogens with zero attached hydrogens (tertiary/aromatic N) is 1. The zero-order chi connectivity index (χ0) is 16.1. The van der Waals surface area contributed by atoms with Gasteiger partial charge in [-0.1, -0.05) is 18.2 Å². The Hall–Kier alpha value is -3.01. The summed E-state index contributed by atoms with van der Waals surface area (Å²) in [6, 6.07) is 18.5. The highest BCUT2D eigenvalue weighted by Gasteiger charge is 2.06. The third-order valence-corrected chi connectivity index (χ3v) is 3.70. The highest BCUT2D eigenvalue weighted by molar-refractivity contribution is 5.94. The molecule has 0 bridgehead atoms. The third kappa shape index (κ3) is 3.61. The number of hydrogen-bond donors (Lipinski definition) is 2. The van der Waals surface area contributed by atoms with Gasteiger partial charge in [0.2, 0.25) is 0 Å². The Balaban J connectivity index is 1.57. The molecule has 0 saturated heterocycles. The second-order valence-corrected chi connectivity index (χ2v) is 5.27. The fraction of sp³-hybridized carbons (Fsp3) is 0.105. The van der Waals surface area contributed by atoms with Gasteiger partial charge in [-0.25, -0.2) is 0 Å². The van der Waals surface area contributed by atoms with E-state index in [1.165, 1.54) is 0 Å². The Morgan fingerprint density at radius 1 is 0.957 bits per heavy atom. The van der Waals surface area contributed by atoms with E-state index in [1.54, 1.807) is 12.1 Å². The predicted molar refractivity (Wildman–Crippen MR) is 89.9 cm³/mol. The van der Waals surface area contributed by atoms with Gasteiger partial charge in [-0.3, -0.25) is 4.79 Å². The Morgan fingerprint density at radius 2 is 1.65 bits per heavy atom. The van der Waals surface area contributed by atoms with Crippen molar-refractivity contribution in [2.75, 3.05) is 6.54 Å². The first-order chi connectivity index (χ1) is 11.2. The number of phenols is 1. The molecule has 0 aliphatic heterocycles. The second kappa shape index (κ2) is 6.83. The summed E-state index contributed by atoms with van der Waals surface area (Å²) < 4.78 is 1.99. The summed E-state index contributed by atoms with van der Waals surface area (Å²) in [5.74, 6) is 0.150. The average molecular weight is 306 g/mol. The lowest BCUT2D eigenvalue weighted by molar-refractivity contribution is 0.0954. The summed E-state index contributed by atoms with van der Waals surface area (Å²) in [4.78, 5) is 12.1. The van der Waals surface area contributed by atoms with E-state index >= 15 is 0 Å². The van der Waals surface area contributed by atoms with Crippen LogP contribution in [-0.4, -0.2) is 22.1 Å². The van der Waals surface area contributed by atoms with Gasteiger partial charge in [0.05, 0.1) is 0 Å². The molecule has 2 N–H and O–H groups in total. The molecule has 4 nitrogen and oxygen atoms in total. The molecule has 1 aromatic heterocycles. The monoisotopic (exact) mass is 306 g/mol. The highest BCUT2D eigenvalue weighted by Crippen LogP contribution is 2.15. The Bertz CT molecular complexity index is 777. The molecular formula is C19H18N2O2. The van der Waals surface area contributed by atoms with Crippen LogP contribution in [0.4, 0.5) is 0 Å². The Kier molecular flexibility index (Phi) is 4.43. The first-order valence-electron chi connectivity index (χ1n) is 7.52. The SMILES string of the molecule is O=C(NCCc1ccccc1O)c1ccc(-n2cccc2)cc1. The molecule has 116 valence electrons. The standard InChI is InChI=1S/C19H18N2O2/c22-18-6-2-1-5-15(18)11-12-20-19(23)16-7-9-17(10-8-16)21-13-3-4-14-21/h1-10,13-14,22H,11-12H2,(H,20,23). The van der Waals surface area contributed by atoms with E-state index in [9.17, 15) is 9.90 Å². The van der Waals surface area contributed by atoms with Crippen LogP contribution in [0.2, 0.25) is 0 Å². The summed E-state index contributed by atoms with van der Waals surface area (Å²) in [5, 5.41) is 12.6. The van der Waals surface area contributed by atoms with Crippen LogP contribution in [0.15, 0.2) is 73.1 Å². The van der Waals surface area contributed by atoms with E-state index in [1.807, 2.05) is 65.5 Å². The van der Waals surface area contributed by atoms with Crippen molar-refractivity contribution in [2.24, 2.45) is 0 Å². The van der Waals surface area contributed by atoms with Gasteiger partial charge in [-0.2, -0.15) is 0 Å². The van der Waals surface area contributed by atoms with Crippen molar-refractivity contribution in [1.29, 1.82) is 0 Å². The fourth-order valence-corrected chi connectivity index (χ4v) is 2.43. The van der Waals surface area contributed by atoms with Crippen molar-refractivity contribution >= 4 is 5.91 Å². The highest BCUT2D eigenvalue weighted by atomic mass is 16.3. The van der Waals surface area contributed by atoms with Gasteiger partial charge in [0, 0.05) is 30.2 Å². The number of amides is 1. The van der Waals surface area contributed by atoms with E-state index in [-0.39, 0.29) is 11.7 Å². The molecule has 4 heteroatoms. The van der Waals surface area contributed by atoms with Crippen molar-refractivity contribution in [2.45, 2.75) is 6.42 Å². The topological polar surface area (TPSA) is 54.3 Å². The van der Waals surface area contributed by atoms with Crippen molar-refractivity contribution in [3.8, 4) is 11.4 Å². The molecular weight excluding hydrogens is 288 g/mol. The maximum absolute atomic E-state index is 12.1. The van der Waals surface area contributed by atoms with Crippen LogP contribution >= 0.6 is 0 Å². The number of aromatic hydroxyl groups is 1. The number of para-hydroxylation sites is 1. The second-order valence-electron chi connectivity index (χ2n) is 5.27. The zero-order valence-electron chi connectivity index (χ0n) is 12.6. The Labute approximate surface area is 135 Å². The van der Waals surface area contributed by atoms with E-state index in [0.29, 0.717) is 18.5 Å². The smallest absolute Gasteiger partial charge is 0.251 e. The van der Waals surface area contributed by atoms with Gasteiger partial charge >= 0.3 is 0 Å². The molecule has 0 radical (unpaired) electrons. The lowest BCUT2D eigenvalue weighted by Crippen LogP contribution is -2.25. The molecule has 23 heavy (non-hydrogen) atoms. The van der Waals surface area contributed by atoms with Gasteiger partial charge in [-0.15, -0.1) is 0 Å². The maximum Gasteiger partial charge on any atom is 0.251 e. The largest absolute Gasteiger partial charge is 0.508 e. The minimum Gasteiger partial charge on any atom is -0.508 e.